The molecule has 1 aliphatic rings. The third-order valence-corrected chi connectivity index (χ3v) is 3.10. The van der Waals surface area contributed by atoms with E-state index in [9.17, 15) is 4.39 Å². The molecular formula is C13H20ClFN2O. The first-order chi connectivity index (χ1) is 8.25. The molecule has 1 aromatic carbocycles. The van der Waals surface area contributed by atoms with E-state index in [2.05, 4.69) is 17.1 Å². The van der Waals surface area contributed by atoms with E-state index in [1.165, 1.54) is 12.1 Å². The first-order valence-corrected chi connectivity index (χ1v) is 6.09. The molecule has 0 saturated carbocycles. The highest BCUT2D eigenvalue weighted by atomic mass is 35.5. The molecule has 1 saturated heterocycles. The van der Waals surface area contributed by atoms with Gasteiger partial charge in [-0.25, -0.2) is 4.39 Å². The van der Waals surface area contributed by atoms with Crippen LogP contribution in [0.15, 0.2) is 24.3 Å². The van der Waals surface area contributed by atoms with Crippen molar-refractivity contribution in [2.75, 3.05) is 32.8 Å². The largest absolute Gasteiger partial charge is 0.492 e. The maximum Gasteiger partial charge on any atom is 0.123 e. The highest BCUT2D eigenvalue weighted by molar-refractivity contribution is 5.85. The van der Waals surface area contributed by atoms with Gasteiger partial charge in [0, 0.05) is 32.2 Å². The van der Waals surface area contributed by atoms with Crippen molar-refractivity contribution >= 4 is 12.4 Å². The summed E-state index contributed by atoms with van der Waals surface area (Å²) in [6, 6.07) is 6.72. The van der Waals surface area contributed by atoms with Gasteiger partial charge in [-0.1, -0.05) is 0 Å². The lowest BCUT2D eigenvalue weighted by molar-refractivity contribution is 0.143. The van der Waals surface area contributed by atoms with Crippen molar-refractivity contribution < 1.29 is 9.13 Å². The first kappa shape index (κ1) is 15.2. The molecule has 1 atom stereocenters. The van der Waals surface area contributed by atoms with Gasteiger partial charge in [0.1, 0.15) is 18.2 Å². The van der Waals surface area contributed by atoms with E-state index in [-0.39, 0.29) is 18.2 Å². The van der Waals surface area contributed by atoms with Crippen LogP contribution in [0.2, 0.25) is 0 Å². The topological polar surface area (TPSA) is 24.5 Å². The smallest absolute Gasteiger partial charge is 0.123 e. The molecule has 0 radical (unpaired) electrons. The predicted molar refractivity (Wildman–Crippen MR) is 73.0 cm³/mol. The van der Waals surface area contributed by atoms with Crippen LogP contribution >= 0.6 is 12.4 Å². The van der Waals surface area contributed by atoms with Crippen LogP contribution in [0, 0.1) is 5.82 Å². The second kappa shape index (κ2) is 7.56. The number of nitrogens with zero attached hydrogens (tertiary/aromatic N) is 1. The van der Waals surface area contributed by atoms with E-state index in [1.807, 2.05) is 0 Å². The Labute approximate surface area is 114 Å². The van der Waals surface area contributed by atoms with Crippen LogP contribution in [0.4, 0.5) is 4.39 Å². The average Bonchev–Trinajstić information content (AvgIpc) is 2.34. The summed E-state index contributed by atoms with van der Waals surface area (Å²) in [4.78, 5) is 2.40. The third-order valence-electron chi connectivity index (χ3n) is 3.10. The Kier molecular flexibility index (Phi) is 6.39. The summed E-state index contributed by atoms with van der Waals surface area (Å²) in [5.41, 5.74) is 0. The van der Waals surface area contributed by atoms with Crippen molar-refractivity contribution in [2.45, 2.75) is 13.0 Å². The van der Waals surface area contributed by atoms with Crippen LogP contribution in [0.5, 0.6) is 5.75 Å². The van der Waals surface area contributed by atoms with Crippen LogP contribution < -0.4 is 10.1 Å². The maximum absolute atomic E-state index is 12.7. The number of nitrogens with one attached hydrogen (secondary N) is 1. The number of halogens is 2. The second-order valence-corrected chi connectivity index (χ2v) is 4.39. The SMILES string of the molecule is CC1CNCCN1CCOc1ccc(F)cc1.Cl. The molecule has 1 aliphatic heterocycles. The fourth-order valence-electron chi connectivity index (χ4n) is 2.03. The zero-order chi connectivity index (χ0) is 12.1. The van der Waals surface area contributed by atoms with Gasteiger partial charge in [-0.15, -0.1) is 12.4 Å². The summed E-state index contributed by atoms with van der Waals surface area (Å²) in [5, 5.41) is 3.35. The Bertz CT molecular complexity index is 347. The number of hydrogen-bond donors (Lipinski definition) is 1. The molecular weight excluding hydrogens is 255 g/mol. The molecule has 1 unspecified atom stereocenters. The highest BCUT2D eigenvalue weighted by Gasteiger charge is 2.16. The third kappa shape index (κ3) is 4.44. The minimum Gasteiger partial charge on any atom is -0.492 e. The van der Waals surface area contributed by atoms with Gasteiger partial charge in [-0.3, -0.25) is 4.90 Å². The number of piperazine rings is 1. The normalized spacial score (nSPS) is 20.2. The Hall–Kier alpha value is -0.840. The molecule has 1 N–H and O–H groups in total. The Balaban J connectivity index is 0.00000162. The van der Waals surface area contributed by atoms with E-state index < -0.39 is 0 Å². The van der Waals surface area contributed by atoms with Crippen LogP contribution in [0.25, 0.3) is 0 Å². The predicted octanol–water partition coefficient (Wildman–Crippen LogP) is 1.92. The quantitative estimate of drug-likeness (QED) is 0.908. The molecule has 18 heavy (non-hydrogen) atoms. The van der Waals surface area contributed by atoms with E-state index in [0.717, 1.165) is 31.9 Å². The van der Waals surface area contributed by atoms with Gasteiger partial charge in [-0.05, 0) is 31.2 Å². The van der Waals surface area contributed by atoms with E-state index >= 15 is 0 Å². The summed E-state index contributed by atoms with van der Waals surface area (Å²) < 4.78 is 18.3. The molecule has 2 rings (SSSR count). The van der Waals surface area contributed by atoms with E-state index in [4.69, 9.17) is 4.74 Å². The molecule has 102 valence electrons. The molecule has 0 spiro atoms. The van der Waals surface area contributed by atoms with Crippen molar-refractivity contribution in [3.05, 3.63) is 30.1 Å². The minimum atomic E-state index is -0.229. The fraction of sp³-hybridized carbons (Fsp3) is 0.538. The van der Waals surface area contributed by atoms with E-state index in [0.29, 0.717) is 12.6 Å². The molecule has 3 nitrogen and oxygen atoms in total. The molecule has 1 heterocycles. The summed E-state index contributed by atoms with van der Waals surface area (Å²) in [6.45, 7) is 6.92. The average molecular weight is 275 g/mol. The highest BCUT2D eigenvalue weighted by Crippen LogP contribution is 2.11. The van der Waals surface area contributed by atoms with Crippen LogP contribution in [0.1, 0.15) is 6.92 Å². The van der Waals surface area contributed by atoms with Gasteiger partial charge in [0.15, 0.2) is 0 Å². The minimum absolute atomic E-state index is 0. The van der Waals surface area contributed by atoms with Gasteiger partial charge >= 0.3 is 0 Å². The van der Waals surface area contributed by atoms with Crippen molar-refractivity contribution in [1.29, 1.82) is 0 Å². The van der Waals surface area contributed by atoms with Gasteiger partial charge in [0.25, 0.3) is 0 Å². The zero-order valence-electron chi connectivity index (χ0n) is 10.6. The van der Waals surface area contributed by atoms with Crippen LogP contribution in [0.3, 0.4) is 0 Å². The van der Waals surface area contributed by atoms with Gasteiger partial charge in [0.05, 0.1) is 0 Å². The summed E-state index contributed by atoms with van der Waals surface area (Å²) in [6.07, 6.45) is 0. The summed E-state index contributed by atoms with van der Waals surface area (Å²) in [7, 11) is 0. The second-order valence-electron chi connectivity index (χ2n) is 4.39. The standard InChI is InChI=1S/C13H19FN2O.ClH/c1-11-10-15-6-7-16(11)8-9-17-13-4-2-12(14)3-5-13;/h2-5,11,15H,6-10H2,1H3;1H. The fourth-order valence-corrected chi connectivity index (χ4v) is 2.03. The van der Waals surface area contributed by atoms with Crippen LogP contribution in [-0.2, 0) is 0 Å². The van der Waals surface area contributed by atoms with Crippen molar-refractivity contribution in [1.82, 2.24) is 10.2 Å². The monoisotopic (exact) mass is 274 g/mol. The molecule has 0 amide bonds. The number of hydrogen-bond acceptors (Lipinski definition) is 3. The van der Waals surface area contributed by atoms with Gasteiger partial charge < -0.3 is 10.1 Å². The lowest BCUT2D eigenvalue weighted by Crippen LogP contribution is -2.50. The van der Waals surface area contributed by atoms with Gasteiger partial charge in [-0.2, -0.15) is 0 Å². The van der Waals surface area contributed by atoms with Crippen molar-refractivity contribution in [3.63, 3.8) is 0 Å². The Morgan fingerprint density at radius 2 is 2.11 bits per heavy atom. The lowest BCUT2D eigenvalue weighted by Gasteiger charge is -2.33. The molecule has 0 aromatic heterocycles. The maximum atomic E-state index is 12.7. The molecule has 1 aromatic rings. The molecule has 0 aliphatic carbocycles. The van der Waals surface area contributed by atoms with E-state index in [1.54, 1.807) is 12.1 Å². The molecule has 5 heteroatoms. The number of ether oxygens (including phenoxy) is 1. The first-order valence-electron chi connectivity index (χ1n) is 6.09. The number of rotatable bonds is 4. The molecule has 0 bridgehead atoms. The summed E-state index contributed by atoms with van der Waals surface area (Å²) in [5.74, 6) is 0.502. The van der Waals surface area contributed by atoms with Gasteiger partial charge in [0.2, 0.25) is 0 Å². The summed E-state index contributed by atoms with van der Waals surface area (Å²) >= 11 is 0. The zero-order valence-corrected chi connectivity index (χ0v) is 11.4. The van der Waals surface area contributed by atoms with Crippen molar-refractivity contribution in [3.8, 4) is 5.75 Å². The lowest BCUT2D eigenvalue weighted by atomic mass is 10.2. The Morgan fingerprint density at radius 3 is 2.78 bits per heavy atom. The number of benzene rings is 1. The molecule has 1 fully saturated rings. The van der Waals surface area contributed by atoms with Crippen LogP contribution in [-0.4, -0.2) is 43.7 Å². The Morgan fingerprint density at radius 1 is 1.39 bits per heavy atom. The van der Waals surface area contributed by atoms with Crippen molar-refractivity contribution in [2.24, 2.45) is 0 Å².